The van der Waals surface area contributed by atoms with Crippen LogP contribution >= 0.6 is 0 Å². The predicted molar refractivity (Wildman–Crippen MR) is 113 cm³/mol. The second-order valence-electron chi connectivity index (χ2n) is 8.10. The Labute approximate surface area is 176 Å². The molecule has 1 amide bonds. The number of carboxylic acids is 1. The number of aliphatic carboxylic acids is 1. The summed E-state index contributed by atoms with van der Waals surface area (Å²) in [6.07, 6.45) is -0.811. The summed E-state index contributed by atoms with van der Waals surface area (Å²) in [7, 11) is 0. The molecule has 0 unspecified atom stereocenters. The van der Waals surface area contributed by atoms with Crippen molar-refractivity contribution in [2.45, 2.75) is 39.2 Å². The van der Waals surface area contributed by atoms with Gasteiger partial charge in [0.2, 0.25) is 0 Å². The molecule has 1 aliphatic carbocycles. The smallest absolute Gasteiger partial charge is 0.407 e. The van der Waals surface area contributed by atoms with Crippen LogP contribution < -0.4 is 5.32 Å². The van der Waals surface area contributed by atoms with Crippen molar-refractivity contribution >= 4 is 17.8 Å². The summed E-state index contributed by atoms with van der Waals surface area (Å²) in [6, 6.07) is 15.3. The molecule has 158 valence electrons. The number of hydrogen-bond acceptors (Lipinski definition) is 4. The van der Waals surface area contributed by atoms with E-state index in [9.17, 15) is 14.4 Å². The van der Waals surface area contributed by atoms with Crippen molar-refractivity contribution in [1.82, 2.24) is 5.32 Å². The number of amides is 1. The molecule has 0 saturated carbocycles. The van der Waals surface area contributed by atoms with E-state index in [1.165, 1.54) is 6.92 Å². The van der Waals surface area contributed by atoms with E-state index in [0.29, 0.717) is 0 Å². The Bertz CT molecular complexity index is 907. The van der Waals surface area contributed by atoms with Gasteiger partial charge in [0.25, 0.3) is 0 Å². The summed E-state index contributed by atoms with van der Waals surface area (Å²) >= 11 is 0. The predicted octanol–water partition coefficient (Wildman–Crippen LogP) is 4.23. The molecule has 0 aliphatic heterocycles. The number of benzene rings is 2. The van der Waals surface area contributed by atoms with Crippen LogP contribution in [0, 0.1) is 11.8 Å². The molecule has 2 aromatic carbocycles. The van der Waals surface area contributed by atoms with E-state index in [1.807, 2.05) is 36.4 Å². The monoisotopic (exact) mass is 409 g/mol. The van der Waals surface area contributed by atoms with Crippen molar-refractivity contribution in [1.29, 1.82) is 0 Å². The zero-order chi connectivity index (χ0) is 21.8. The third-order valence-electron chi connectivity index (χ3n) is 5.56. The van der Waals surface area contributed by atoms with E-state index in [0.717, 1.165) is 22.3 Å². The maximum atomic E-state index is 12.5. The minimum absolute atomic E-state index is 0.0663. The summed E-state index contributed by atoms with van der Waals surface area (Å²) in [6.45, 7) is 5.24. The number of nitrogens with one attached hydrogen (secondary N) is 1. The molecule has 2 atom stereocenters. The van der Waals surface area contributed by atoms with Crippen molar-refractivity contribution in [3.63, 3.8) is 0 Å². The lowest BCUT2D eigenvalue weighted by Crippen LogP contribution is -2.45. The number of carbonyl (C=O) groups excluding carboxylic acids is 2. The van der Waals surface area contributed by atoms with Crippen molar-refractivity contribution in [3.8, 4) is 11.1 Å². The Hall–Kier alpha value is -3.15. The third kappa shape index (κ3) is 4.53. The zero-order valence-corrected chi connectivity index (χ0v) is 17.4. The van der Waals surface area contributed by atoms with Gasteiger partial charge in [0.15, 0.2) is 5.78 Å². The summed E-state index contributed by atoms with van der Waals surface area (Å²) in [5, 5.41) is 11.7. The first-order valence-corrected chi connectivity index (χ1v) is 10.2. The average molecular weight is 409 g/mol. The number of Topliss-reactive ketones (excluding diaryl/α,β-unsaturated/α-hetero) is 1. The molecule has 2 N–H and O–H groups in total. The third-order valence-corrected chi connectivity index (χ3v) is 5.56. The van der Waals surface area contributed by atoms with Gasteiger partial charge < -0.3 is 15.2 Å². The highest BCUT2D eigenvalue weighted by molar-refractivity contribution is 5.90. The Morgan fingerprint density at radius 3 is 2.00 bits per heavy atom. The minimum Gasteiger partial charge on any atom is -0.481 e. The van der Waals surface area contributed by atoms with Gasteiger partial charge in [-0.05, 0) is 28.2 Å². The summed E-state index contributed by atoms with van der Waals surface area (Å²) in [5.41, 5.74) is 4.50. The summed E-state index contributed by atoms with van der Waals surface area (Å²) < 4.78 is 5.50. The van der Waals surface area contributed by atoms with Gasteiger partial charge >= 0.3 is 12.1 Å². The number of ether oxygens (including phenoxy) is 1. The van der Waals surface area contributed by atoms with Crippen LogP contribution in [0.5, 0.6) is 0 Å². The first-order valence-electron chi connectivity index (χ1n) is 10.2. The van der Waals surface area contributed by atoms with Gasteiger partial charge in [-0.15, -0.1) is 0 Å². The molecule has 6 nitrogen and oxygen atoms in total. The van der Waals surface area contributed by atoms with Gasteiger partial charge in [-0.2, -0.15) is 0 Å². The van der Waals surface area contributed by atoms with E-state index in [2.05, 4.69) is 17.4 Å². The highest BCUT2D eigenvalue weighted by Crippen LogP contribution is 2.44. The standard InChI is InChI=1S/C24H27NO5/c1-14(2)22(21(26)12-15(3)23(27)28)25-24(29)30-13-20-18-10-6-4-8-16(18)17-9-5-7-11-19(17)20/h4-11,14-15,20,22H,12-13H2,1-3H3,(H,25,29)(H,27,28)/t15-,22+/m1/s1. The van der Waals surface area contributed by atoms with E-state index in [1.54, 1.807) is 13.8 Å². The molecule has 0 aromatic heterocycles. The van der Waals surface area contributed by atoms with Gasteiger partial charge in [-0.3, -0.25) is 9.59 Å². The molecule has 3 rings (SSSR count). The highest BCUT2D eigenvalue weighted by atomic mass is 16.5. The fraction of sp³-hybridized carbons (Fsp3) is 0.375. The van der Waals surface area contributed by atoms with Gasteiger partial charge in [-0.25, -0.2) is 4.79 Å². The molecule has 0 radical (unpaired) electrons. The van der Waals surface area contributed by atoms with Crippen LogP contribution in [0.1, 0.15) is 44.2 Å². The second-order valence-corrected chi connectivity index (χ2v) is 8.10. The van der Waals surface area contributed by atoms with Crippen LogP contribution in [0.2, 0.25) is 0 Å². The number of hydrogen-bond donors (Lipinski definition) is 2. The van der Waals surface area contributed by atoms with Crippen LogP contribution in [0.4, 0.5) is 4.79 Å². The van der Waals surface area contributed by atoms with Gasteiger partial charge in [0, 0.05) is 12.3 Å². The number of alkyl carbamates (subject to hydrolysis) is 1. The lowest BCUT2D eigenvalue weighted by molar-refractivity contribution is -0.143. The van der Waals surface area contributed by atoms with Crippen LogP contribution in [0.3, 0.4) is 0 Å². The van der Waals surface area contributed by atoms with Crippen molar-refractivity contribution in [3.05, 3.63) is 59.7 Å². The maximum absolute atomic E-state index is 12.5. The van der Waals surface area contributed by atoms with E-state index in [-0.39, 0.29) is 30.6 Å². The van der Waals surface area contributed by atoms with Crippen LogP contribution in [0.25, 0.3) is 11.1 Å². The lowest BCUT2D eigenvalue weighted by Gasteiger charge is -2.22. The molecule has 2 aromatic rings. The van der Waals surface area contributed by atoms with E-state index in [4.69, 9.17) is 9.84 Å². The van der Waals surface area contributed by atoms with E-state index < -0.39 is 24.0 Å². The number of ketones is 1. The van der Waals surface area contributed by atoms with E-state index >= 15 is 0 Å². The Morgan fingerprint density at radius 2 is 1.50 bits per heavy atom. The van der Waals surface area contributed by atoms with Gasteiger partial charge in [0.1, 0.15) is 6.61 Å². The molecule has 6 heteroatoms. The Kier molecular flexibility index (Phi) is 6.55. The van der Waals surface area contributed by atoms with Crippen LogP contribution in [-0.4, -0.2) is 35.6 Å². The molecule has 1 aliphatic rings. The average Bonchev–Trinajstić information content (AvgIpc) is 3.04. The summed E-state index contributed by atoms with van der Waals surface area (Å²) in [4.78, 5) is 36.0. The molecule has 0 fully saturated rings. The molecule has 0 bridgehead atoms. The summed E-state index contributed by atoms with van der Waals surface area (Å²) in [5.74, 6) is -2.40. The maximum Gasteiger partial charge on any atom is 0.407 e. The lowest BCUT2D eigenvalue weighted by atomic mass is 9.93. The fourth-order valence-corrected chi connectivity index (χ4v) is 3.90. The van der Waals surface area contributed by atoms with Gasteiger partial charge in [-0.1, -0.05) is 69.3 Å². The number of carboxylic acid groups (broad SMARTS) is 1. The molecular weight excluding hydrogens is 382 g/mol. The Balaban J connectivity index is 1.66. The SMILES string of the molecule is CC(C)[C@H](NC(=O)OCC1c2ccccc2-c2ccccc21)C(=O)C[C@@H](C)C(=O)O. The fourth-order valence-electron chi connectivity index (χ4n) is 3.90. The van der Waals surface area contributed by atoms with Crippen LogP contribution in [-0.2, 0) is 14.3 Å². The van der Waals surface area contributed by atoms with Crippen molar-refractivity contribution < 1.29 is 24.2 Å². The Morgan fingerprint density at radius 1 is 0.967 bits per heavy atom. The number of carbonyl (C=O) groups is 3. The molecule has 0 heterocycles. The molecular formula is C24H27NO5. The first kappa shape index (κ1) is 21.6. The minimum atomic E-state index is -1.04. The first-order chi connectivity index (χ1) is 14.3. The number of fused-ring (bicyclic) bond motifs is 3. The quantitative estimate of drug-likeness (QED) is 0.681. The molecule has 0 spiro atoms. The van der Waals surface area contributed by atoms with Crippen molar-refractivity contribution in [2.24, 2.45) is 11.8 Å². The topological polar surface area (TPSA) is 92.7 Å². The normalized spacial score (nSPS) is 14.5. The molecule has 30 heavy (non-hydrogen) atoms. The van der Waals surface area contributed by atoms with Crippen LogP contribution in [0.15, 0.2) is 48.5 Å². The zero-order valence-electron chi connectivity index (χ0n) is 17.4. The van der Waals surface area contributed by atoms with Crippen molar-refractivity contribution in [2.75, 3.05) is 6.61 Å². The van der Waals surface area contributed by atoms with Gasteiger partial charge in [0.05, 0.1) is 12.0 Å². The highest BCUT2D eigenvalue weighted by Gasteiger charge is 2.31. The molecule has 0 saturated heterocycles. The number of rotatable bonds is 8. The second kappa shape index (κ2) is 9.11. The largest absolute Gasteiger partial charge is 0.481 e.